The molecule has 0 aromatic carbocycles. The van der Waals surface area contributed by atoms with Crippen molar-refractivity contribution in [3.63, 3.8) is 0 Å². The molecule has 2 N–H and O–H groups in total. The second-order valence-corrected chi connectivity index (χ2v) is 4.80. The van der Waals surface area contributed by atoms with Crippen LogP contribution in [0.25, 0.3) is 0 Å². The van der Waals surface area contributed by atoms with Crippen molar-refractivity contribution in [3.8, 4) is 0 Å². The minimum Gasteiger partial charge on any atom is -0.481 e. The number of rotatable bonds is 3. The number of carbonyl (C=O) groups excluding carboxylic acids is 1. The molecule has 0 aliphatic heterocycles. The summed E-state index contributed by atoms with van der Waals surface area (Å²) in [7, 11) is 0. The highest BCUT2D eigenvalue weighted by molar-refractivity contribution is 5.71. The highest BCUT2D eigenvalue weighted by atomic mass is 16.6. The molecule has 7 nitrogen and oxygen atoms in total. The molecule has 0 saturated carbocycles. The van der Waals surface area contributed by atoms with Crippen molar-refractivity contribution in [2.75, 3.05) is 0 Å². The zero-order valence-electron chi connectivity index (χ0n) is 10.5. The number of imidazole rings is 1. The average molecular weight is 256 g/mol. The molecule has 0 aliphatic rings. The van der Waals surface area contributed by atoms with Gasteiger partial charge in [-0.15, -0.1) is 0 Å². The van der Waals surface area contributed by atoms with Gasteiger partial charge in [0.2, 0.25) is 0 Å². The Morgan fingerprint density at radius 2 is 2.11 bits per heavy atom. The van der Waals surface area contributed by atoms with Crippen LogP contribution in [0.5, 0.6) is 0 Å². The molecule has 7 heteroatoms. The maximum Gasteiger partial charge on any atom is 0.419 e. The fourth-order valence-corrected chi connectivity index (χ4v) is 1.19. The molecular weight excluding hydrogens is 240 g/mol. The summed E-state index contributed by atoms with van der Waals surface area (Å²) in [5, 5.41) is 18.0. The van der Waals surface area contributed by atoms with Crippen LogP contribution >= 0.6 is 0 Å². The minimum atomic E-state index is -1.24. The van der Waals surface area contributed by atoms with Gasteiger partial charge in [0.15, 0.2) is 0 Å². The van der Waals surface area contributed by atoms with Gasteiger partial charge < -0.3 is 14.9 Å². The van der Waals surface area contributed by atoms with Gasteiger partial charge in [0.05, 0.1) is 12.1 Å². The number of hydrogen-bond acceptors (Lipinski definition) is 5. The zero-order valence-corrected chi connectivity index (χ0v) is 10.5. The highest BCUT2D eigenvalue weighted by Crippen LogP contribution is 2.15. The van der Waals surface area contributed by atoms with E-state index in [1.165, 1.54) is 12.5 Å². The van der Waals surface area contributed by atoms with E-state index in [-0.39, 0.29) is 5.69 Å². The lowest BCUT2D eigenvalue weighted by molar-refractivity contribution is -0.139. The Morgan fingerprint density at radius 1 is 1.50 bits per heavy atom. The molecule has 0 amide bonds. The number of aliphatic hydroxyl groups excluding tert-OH is 1. The lowest BCUT2D eigenvalue weighted by atomic mass is 10.2. The van der Waals surface area contributed by atoms with Crippen LogP contribution in [0.3, 0.4) is 0 Å². The highest BCUT2D eigenvalue weighted by Gasteiger charge is 2.20. The van der Waals surface area contributed by atoms with E-state index < -0.39 is 30.2 Å². The van der Waals surface area contributed by atoms with Crippen LogP contribution in [0.15, 0.2) is 12.5 Å². The minimum absolute atomic E-state index is 0.114. The normalized spacial score (nSPS) is 13.1. The van der Waals surface area contributed by atoms with Crippen LogP contribution in [0.1, 0.15) is 39.0 Å². The fraction of sp³-hybridized carbons (Fsp3) is 0.545. The predicted octanol–water partition coefficient (Wildman–Crippen LogP) is 1.17. The smallest absolute Gasteiger partial charge is 0.419 e. The van der Waals surface area contributed by atoms with Crippen LogP contribution < -0.4 is 0 Å². The Kier molecular flexibility index (Phi) is 4.07. The monoisotopic (exact) mass is 256 g/mol. The molecule has 1 aromatic heterocycles. The number of carboxylic acids is 1. The molecule has 1 aromatic rings. The van der Waals surface area contributed by atoms with Crippen LogP contribution in [0.4, 0.5) is 4.79 Å². The van der Waals surface area contributed by atoms with Crippen molar-refractivity contribution in [2.45, 2.75) is 38.9 Å². The Labute approximate surface area is 104 Å². The number of aliphatic hydroxyl groups is 1. The van der Waals surface area contributed by atoms with E-state index in [0.717, 1.165) is 4.57 Å². The molecule has 0 fully saturated rings. The van der Waals surface area contributed by atoms with E-state index in [1.54, 1.807) is 20.8 Å². The summed E-state index contributed by atoms with van der Waals surface area (Å²) < 4.78 is 6.15. The predicted molar refractivity (Wildman–Crippen MR) is 61.1 cm³/mol. The van der Waals surface area contributed by atoms with Gasteiger partial charge >= 0.3 is 12.1 Å². The maximum absolute atomic E-state index is 11.6. The van der Waals surface area contributed by atoms with Gasteiger partial charge in [0.1, 0.15) is 18.0 Å². The number of ether oxygens (including phenoxy) is 1. The second kappa shape index (κ2) is 5.18. The average Bonchev–Trinajstić information content (AvgIpc) is 2.61. The number of nitrogens with zero attached hydrogens (tertiary/aromatic N) is 2. The molecule has 18 heavy (non-hydrogen) atoms. The SMILES string of the molecule is CC(C)(C)OC(=O)n1cnc([C@@H](O)CC(=O)O)c1. The molecule has 1 atom stereocenters. The van der Waals surface area contributed by atoms with Gasteiger partial charge in [-0.3, -0.25) is 4.79 Å². The topological polar surface area (TPSA) is 102 Å². The molecular formula is C11H16N2O5. The summed E-state index contributed by atoms with van der Waals surface area (Å²) >= 11 is 0. The van der Waals surface area contributed by atoms with Crippen LogP contribution in [-0.2, 0) is 9.53 Å². The summed E-state index contributed by atoms with van der Waals surface area (Å²) in [6.45, 7) is 5.17. The number of aliphatic carboxylic acids is 1. The van der Waals surface area contributed by atoms with Gasteiger partial charge in [-0.25, -0.2) is 14.3 Å². The van der Waals surface area contributed by atoms with E-state index in [2.05, 4.69) is 4.98 Å². The summed E-state index contributed by atoms with van der Waals surface area (Å²) in [6, 6.07) is 0. The van der Waals surface area contributed by atoms with E-state index >= 15 is 0 Å². The number of hydrogen-bond donors (Lipinski definition) is 2. The third-order valence-electron chi connectivity index (χ3n) is 1.92. The van der Waals surface area contributed by atoms with Crippen LogP contribution in [0, 0.1) is 0 Å². The summed E-state index contributed by atoms with van der Waals surface area (Å²) in [5.41, 5.74) is -0.524. The van der Waals surface area contributed by atoms with E-state index in [9.17, 15) is 14.7 Å². The second-order valence-electron chi connectivity index (χ2n) is 4.80. The summed E-state index contributed by atoms with van der Waals surface area (Å²) in [4.78, 5) is 25.8. The van der Waals surface area contributed by atoms with Gasteiger partial charge in [-0.1, -0.05) is 0 Å². The zero-order chi connectivity index (χ0) is 13.9. The van der Waals surface area contributed by atoms with E-state index in [0.29, 0.717) is 0 Å². The third-order valence-corrected chi connectivity index (χ3v) is 1.92. The first-order valence-corrected chi connectivity index (χ1v) is 5.36. The Hall–Kier alpha value is -1.89. The molecule has 100 valence electrons. The Morgan fingerprint density at radius 3 is 2.61 bits per heavy atom. The lowest BCUT2D eigenvalue weighted by Crippen LogP contribution is -2.26. The quantitative estimate of drug-likeness (QED) is 0.841. The molecule has 0 radical (unpaired) electrons. The number of aromatic nitrogens is 2. The largest absolute Gasteiger partial charge is 0.481 e. The van der Waals surface area contributed by atoms with Gasteiger partial charge in [-0.2, -0.15) is 0 Å². The van der Waals surface area contributed by atoms with Crippen molar-refractivity contribution in [1.82, 2.24) is 9.55 Å². The van der Waals surface area contributed by atoms with Crippen molar-refractivity contribution in [1.29, 1.82) is 0 Å². The first kappa shape index (κ1) is 14.2. The molecule has 0 bridgehead atoms. The molecule has 1 heterocycles. The first-order chi connectivity index (χ1) is 8.19. The van der Waals surface area contributed by atoms with Crippen LogP contribution in [0.2, 0.25) is 0 Å². The number of carbonyl (C=O) groups is 2. The van der Waals surface area contributed by atoms with Crippen LogP contribution in [-0.4, -0.2) is 37.4 Å². The summed E-state index contributed by atoms with van der Waals surface area (Å²) in [6.07, 6.45) is 0.0801. The molecule has 0 unspecified atom stereocenters. The standard InChI is InChI=1S/C11H16N2O5/c1-11(2,3)18-10(17)13-5-7(12-6-13)8(14)4-9(15)16/h5-6,8,14H,4H2,1-3H3,(H,15,16)/t8-/m0/s1. The van der Waals surface area contributed by atoms with Gasteiger partial charge in [0.25, 0.3) is 0 Å². The van der Waals surface area contributed by atoms with Gasteiger partial charge in [0, 0.05) is 6.20 Å². The molecule has 1 rings (SSSR count). The van der Waals surface area contributed by atoms with Crippen molar-refractivity contribution >= 4 is 12.1 Å². The maximum atomic E-state index is 11.6. The molecule has 0 saturated heterocycles. The third kappa shape index (κ3) is 4.17. The van der Waals surface area contributed by atoms with E-state index in [4.69, 9.17) is 9.84 Å². The van der Waals surface area contributed by atoms with Crippen molar-refractivity contribution < 1.29 is 24.5 Å². The van der Waals surface area contributed by atoms with Crippen molar-refractivity contribution in [2.24, 2.45) is 0 Å². The number of carboxylic acid groups (broad SMARTS) is 1. The van der Waals surface area contributed by atoms with E-state index in [1.807, 2.05) is 0 Å². The molecule has 0 aliphatic carbocycles. The summed E-state index contributed by atoms with van der Waals surface area (Å²) in [5.74, 6) is -1.14. The molecule has 0 spiro atoms. The Bertz CT molecular complexity index is 447. The van der Waals surface area contributed by atoms with Crippen molar-refractivity contribution in [3.05, 3.63) is 18.2 Å². The fourth-order valence-electron chi connectivity index (χ4n) is 1.19. The first-order valence-electron chi connectivity index (χ1n) is 5.36. The van der Waals surface area contributed by atoms with Gasteiger partial charge in [-0.05, 0) is 20.8 Å². The lowest BCUT2D eigenvalue weighted by Gasteiger charge is -2.19. The Balaban J connectivity index is 2.74.